The topological polar surface area (TPSA) is 20.2 Å². The molecule has 0 spiro atoms. The molecule has 0 saturated carbocycles. The molecule has 2 saturated heterocycles. The molecule has 2 bridgehead atoms. The maximum Gasteiger partial charge on any atom is 0.115 e. The molecule has 0 amide bonds. The third-order valence-electron chi connectivity index (χ3n) is 7.25. The molecule has 2 fully saturated rings. The van der Waals surface area contributed by atoms with Crippen LogP contribution in [0.5, 0.6) is 0 Å². The van der Waals surface area contributed by atoms with Gasteiger partial charge in [-0.15, -0.1) is 0 Å². The summed E-state index contributed by atoms with van der Waals surface area (Å²) in [4.78, 5) is 0. The number of fused-ring (bicyclic) bond motifs is 2. The Balaban J connectivity index is 0.00000210. The molecule has 2 aromatic carbocycles. The van der Waals surface area contributed by atoms with Gasteiger partial charge in [0.15, 0.2) is 0 Å². The van der Waals surface area contributed by atoms with Crippen LogP contribution >= 0.6 is 0 Å². The summed E-state index contributed by atoms with van der Waals surface area (Å²) < 4.78 is 1.19. The van der Waals surface area contributed by atoms with Crippen molar-refractivity contribution in [1.29, 1.82) is 0 Å². The van der Waals surface area contributed by atoms with E-state index in [2.05, 4.69) is 38.4 Å². The first-order valence-corrected chi connectivity index (χ1v) is 10.2. The van der Waals surface area contributed by atoms with Gasteiger partial charge in [-0.05, 0) is 42.7 Å². The third-order valence-corrected chi connectivity index (χ3v) is 7.25. The molecule has 1 unspecified atom stereocenters. The summed E-state index contributed by atoms with van der Waals surface area (Å²) >= 11 is 0. The highest BCUT2D eigenvalue weighted by Gasteiger charge is 2.48. The third kappa shape index (κ3) is 3.87. The first-order chi connectivity index (χ1) is 12.5. The Morgan fingerprint density at radius 2 is 1.30 bits per heavy atom. The van der Waals surface area contributed by atoms with Gasteiger partial charge in [-0.2, -0.15) is 0 Å². The van der Waals surface area contributed by atoms with Gasteiger partial charge in [-0.3, -0.25) is 0 Å². The largest absolute Gasteiger partial charge is 1.00 e. The lowest BCUT2D eigenvalue weighted by atomic mass is 9.70. The van der Waals surface area contributed by atoms with Crippen molar-refractivity contribution in [2.75, 3.05) is 14.1 Å². The number of piperidine rings is 2. The van der Waals surface area contributed by atoms with E-state index in [1.807, 2.05) is 36.4 Å². The summed E-state index contributed by atoms with van der Waals surface area (Å²) in [5.74, 6) is 0.585. The minimum Gasteiger partial charge on any atom is -1.00 e. The van der Waals surface area contributed by atoms with Gasteiger partial charge >= 0.3 is 0 Å². The van der Waals surface area contributed by atoms with Crippen molar-refractivity contribution in [1.82, 2.24) is 0 Å². The van der Waals surface area contributed by atoms with Gasteiger partial charge in [0.25, 0.3) is 0 Å². The van der Waals surface area contributed by atoms with Crippen molar-refractivity contribution in [3.8, 4) is 0 Å². The molecule has 2 heterocycles. The van der Waals surface area contributed by atoms with E-state index >= 15 is 0 Å². The molecule has 3 atom stereocenters. The monoisotopic (exact) mass is 429 g/mol. The highest BCUT2D eigenvalue weighted by atomic mass is 79.9. The SMILES string of the molecule is C[N+]1(C)[C@@H]2CCC[C@H]1CC(CC(O)(c1ccccc1)c1ccccc1)C2.[Br-]. The molecule has 0 aromatic heterocycles. The van der Waals surface area contributed by atoms with Crippen molar-refractivity contribution in [3.05, 3.63) is 71.8 Å². The van der Waals surface area contributed by atoms with Gasteiger partial charge < -0.3 is 26.6 Å². The number of benzene rings is 2. The van der Waals surface area contributed by atoms with Crippen LogP contribution in [0.4, 0.5) is 0 Å². The summed E-state index contributed by atoms with van der Waals surface area (Å²) in [7, 11) is 4.84. The standard InChI is InChI=1S/C24H32NO.BrH/c1-25(2)22-14-9-15-23(25)17-19(16-22)18-24(26,20-10-5-3-6-11-20)21-12-7-4-8-13-21;/h3-8,10-13,19,22-23,26H,9,14-18H2,1-2H3;1H/q+1;/p-1/t19?,22-,23+;. The molecule has 0 aliphatic carbocycles. The van der Waals surface area contributed by atoms with Crippen molar-refractivity contribution < 1.29 is 26.6 Å². The van der Waals surface area contributed by atoms with Gasteiger partial charge in [0, 0.05) is 12.8 Å². The predicted octanol–water partition coefficient (Wildman–Crippen LogP) is 1.72. The van der Waals surface area contributed by atoms with E-state index in [0.717, 1.165) is 29.6 Å². The summed E-state index contributed by atoms with van der Waals surface area (Å²) in [5, 5.41) is 11.9. The lowest BCUT2D eigenvalue weighted by Gasteiger charge is -2.54. The predicted molar refractivity (Wildman–Crippen MR) is 107 cm³/mol. The summed E-state index contributed by atoms with van der Waals surface area (Å²) in [6, 6.07) is 22.0. The number of halogens is 1. The molecule has 27 heavy (non-hydrogen) atoms. The van der Waals surface area contributed by atoms with Crippen LogP contribution in [0, 0.1) is 5.92 Å². The molecule has 3 heteroatoms. The smallest absolute Gasteiger partial charge is 0.115 e. The average molecular weight is 430 g/mol. The Labute approximate surface area is 174 Å². The molecular weight excluding hydrogens is 398 g/mol. The Bertz CT molecular complexity index is 675. The zero-order chi connectivity index (χ0) is 18.2. The minimum atomic E-state index is -0.893. The van der Waals surface area contributed by atoms with Gasteiger partial charge in [-0.1, -0.05) is 60.7 Å². The Morgan fingerprint density at radius 1 is 0.852 bits per heavy atom. The van der Waals surface area contributed by atoms with E-state index in [1.165, 1.54) is 36.6 Å². The van der Waals surface area contributed by atoms with Crippen LogP contribution < -0.4 is 17.0 Å². The molecule has 2 nitrogen and oxygen atoms in total. The number of aliphatic hydroxyl groups is 1. The highest BCUT2D eigenvalue weighted by molar-refractivity contribution is 5.36. The molecule has 4 rings (SSSR count). The quantitative estimate of drug-likeness (QED) is 0.733. The fourth-order valence-electron chi connectivity index (χ4n) is 5.61. The second-order valence-electron chi connectivity index (χ2n) is 9.00. The molecule has 2 aliphatic rings. The van der Waals surface area contributed by atoms with E-state index in [0.29, 0.717) is 5.92 Å². The maximum absolute atomic E-state index is 11.9. The second kappa shape index (κ2) is 8.06. The van der Waals surface area contributed by atoms with Crippen molar-refractivity contribution >= 4 is 0 Å². The van der Waals surface area contributed by atoms with Crippen LogP contribution in [0.2, 0.25) is 0 Å². The lowest BCUT2D eigenvalue weighted by molar-refractivity contribution is -0.950. The number of hydrogen-bond donors (Lipinski definition) is 1. The summed E-state index contributed by atoms with van der Waals surface area (Å²) in [6.45, 7) is 0. The lowest BCUT2D eigenvalue weighted by Crippen LogP contribution is -3.00. The van der Waals surface area contributed by atoms with E-state index < -0.39 is 5.60 Å². The molecule has 0 radical (unpaired) electrons. The van der Waals surface area contributed by atoms with Crippen LogP contribution in [0.25, 0.3) is 0 Å². The van der Waals surface area contributed by atoms with Gasteiger partial charge in [0.05, 0.1) is 26.2 Å². The molecule has 1 N–H and O–H groups in total. The fraction of sp³-hybridized carbons (Fsp3) is 0.500. The van der Waals surface area contributed by atoms with Gasteiger partial charge in [0.2, 0.25) is 0 Å². The van der Waals surface area contributed by atoms with E-state index in [9.17, 15) is 5.11 Å². The van der Waals surface area contributed by atoms with Crippen molar-refractivity contribution in [3.63, 3.8) is 0 Å². The van der Waals surface area contributed by atoms with Crippen molar-refractivity contribution in [2.45, 2.75) is 56.2 Å². The number of nitrogens with zero attached hydrogens (tertiary/aromatic N) is 1. The second-order valence-corrected chi connectivity index (χ2v) is 9.00. The minimum absolute atomic E-state index is 0. The molecule has 2 aromatic rings. The van der Waals surface area contributed by atoms with Gasteiger partial charge in [-0.25, -0.2) is 0 Å². The first-order valence-electron chi connectivity index (χ1n) is 10.2. The van der Waals surface area contributed by atoms with Gasteiger partial charge in [0.1, 0.15) is 5.60 Å². The van der Waals surface area contributed by atoms with Crippen LogP contribution in [-0.4, -0.2) is 35.8 Å². The van der Waals surface area contributed by atoms with E-state index in [4.69, 9.17) is 0 Å². The molecular formula is C24H32BrNO. The van der Waals surface area contributed by atoms with Crippen molar-refractivity contribution in [2.24, 2.45) is 5.92 Å². The Kier molecular flexibility index (Phi) is 6.14. The Hall–Kier alpha value is -1.16. The summed E-state index contributed by atoms with van der Waals surface area (Å²) in [5.41, 5.74) is 1.15. The average Bonchev–Trinajstić information content (AvgIpc) is 2.64. The number of quaternary nitrogens is 1. The van der Waals surface area contributed by atoms with E-state index in [-0.39, 0.29) is 17.0 Å². The summed E-state index contributed by atoms with van der Waals surface area (Å²) in [6.07, 6.45) is 7.38. The number of rotatable bonds is 4. The van der Waals surface area contributed by atoms with Crippen LogP contribution in [0.3, 0.4) is 0 Å². The van der Waals surface area contributed by atoms with E-state index in [1.54, 1.807) is 0 Å². The normalized spacial score (nSPS) is 26.9. The van der Waals surface area contributed by atoms with Crippen LogP contribution in [-0.2, 0) is 5.60 Å². The fourth-order valence-corrected chi connectivity index (χ4v) is 5.61. The van der Waals surface area contributed by atoms with Crippen LogP contribution in [0.15, 0.2) is 60.7 Å². The Morgan fingerprint density at radius 3 is 1.74 bits per heavy atom. The van der Waals surface area contributed by atoms with Crippen LogP contribution in [0.1, 0.15) is 49.7 Å². The maximum atomic E-state index is 11.9. The zero-order valence-corrected chi connectivity index (χ0v) is 18.1. The molecule has 146 valence electrons. The number of hydrogen-bond acceptors (Lipinski definition) is 1. The zero-order valence-electron chi connectivity index (χ0n) is 16.5. The highest BCUT2D eigenvalue weighted by Crippen LogP contribution is 2.45. The molecule has 2 aliphatic heterocycles. The first kappa shape index (κ1) is 20.6.